The van der Waals surface area contributed by atoms with Gasteiger partial charge in [-0.15, -0.1) is 5.10 Å². The lowest BCUT2D eigenvalue weighted by Gasteiger charge is -2.33. The van der Waals surface area contributed by atoms with E-state index in [2.05, 4.69) is 38.4 Å². The second-order valence-corrected chi connectivity index (χ2v) is 11.8. The molecule has 2 saturated heterocycles. The molecule has 0 spiro atoms. The van der Waals surface area contributed by atoms with Crippen molar-refractivity contribution in [1.29, 1.82) is 0 Å². The van der Waals surface area contributed by atoms with Crippen LogP contribution in [0.2, 0.25) is 0 Å². The molecule has 4 heterocycles. The summed E-state index contributed by atoms with van der Waals surface area (Å²) in [7, 11) is 1.42. The van der Waals surface area contributed by atoms with Crippen LogP contribution in [0.15, 0.2) is 48.5 Å². The van der Waals surface area contributed by atoms with Crippen LogP contribution in [0, 0.1) is 0 Å². The van der Waals surface area contributed by atoms with Crippen LogP contribution < -0.4 is 4.74 Å². The lowest BCUT2D eigenvalue weighted by Crippen LogP contribution is -2.36. The number of piperidine rings is 1. The van der Waals surface area contributed by atoms with E-state index in [1.165, 1.54) is 36.8 Å². The molecule has 0 amide bonds. The Bertz CT molecular complexity index is 1550. The minimum absolute atomic E-state index is 0.193. The lowest BCUT2D eigenvalue weighted by atomic mass is 9.96. The minimum atomic E-state index is -0.331. The van der Waals surface area contributed by atoms with Gasteiger partial charge < -0.3 is 18.8 Å². The van der Waals surface area contributed by atoms with Gasteiger partial charge in [-0.25, -0.2) is 9.78 Å². The summed E-state index contributed by atoms with van der Waals surface area (Å²) in [6.07, 6.45) is 7.88. The van der Waals surface area contributed by atoms with Gasteiger partial charge >= 0.3 is 5.97 Å². The van der Waals surface area contributed by atoms with Crippen LogP contribution in [0.25, 0.3) is 11.0 Å². The predicted octanol–water partition coefficient (Wildman–Crippen LogP) is 5.10. The normalized spacial score (nSPS) is 19.4. The SMILES string of the molecule is COC(=O)c1ccc2nc(CN3CCC(n4nc(OCc5ccccc5)c5c4CCCC5)CC3)n(C[C@@H]3CCO3)c2c1. The Morgan fingerprint density at radius 2 is 1.86 bits per heavy atom. The maximum atomic E-state index is 12.2. The molecule has 1 aliphatic carbocycles. The fraction of sp³-hybridized carbons (Fsp3) is 0.485. The highest BCUT2D eigenvalue weighted by Gasteiger charge is 2.30. The molecule has 0 unspecified atom stereocenters. The summed E-state index contributed by atoms with van der Waals surface area (Å²) >= 11 is 0. The monoisotopic (exact) mass is 569 g/mol. The van der Waals surface area contributed by atoms with Crippen molar-refractivity contribution in [1.82, 2.24) is 24.2 Å². The van der Waals surface area contributed by atoms with E-state index in [0.29, 0.717) is 18.2 Å². The highest BCUT2D eigenvalue weighted by molar-refractivity contribution is 5.93. The van der Waals surface area contributed by atoms with Crippen LogP contribution in [0.1, 0.15) is 71.1 Å². The second kappa shape index (κ2) is 11.9. The number of esters is 1. The molecule has 220 valence electrons. The van der Waals surface area contributed by atoms with E-state index in [9.17, 15) is 4.79 Å². The number of aromatic nitrogens is 4. The first-order valence-electron chi connectivity index (χ1n) is 15.3. The Kier molecular flexibility index (Phi) is 7.69. The molecule has 4 aromatic rings. The van der Waals surface area contributed by atoms with Gasteiger partial charge in [0.1, 0.15) is 12.4 Å². The summed E-state index contributed by atoms with van der Waals surface area (Å²) in [4.78, 5) is 19.7. The van der Waals surface area contributed by atoms with Crippen LogP contribution in [0.3, 0.4) is 0 Å². The third kappa shape index (κ3) is 5.43. The summed E-state index contributed by atoms with van der Waals surface area (Å²) < 4.78 is 21.6. The maximum Gasteiger partial charge on any atom is 0.337 e. The number of imidazole rings is 1. The summed E-state index contributed by atoms with van der Waals surface area (Å²) in [6, 6.07) is 16.3. The van der Waals surface area contributed by atoms with Gasteiger partial charge in [0.15, 0.2) is 0 Å². The van der Waals surface area contributed by atoms with Crippen molar-refractivity contribution in [2.24, 2.45) is 0 Å². The van der Waals surface area contributed by atoms with Gasteiger partial charge in [-0.2, -0.15) is 0 Å². The maximum absolute atomic E-state index is 12.2. The van der Waals surface area contributed by atoms with E-state index in [1.54, 1.807) is 6.07 Å². The molecular formula is C33H39N5O4. The van der Waals surface area contributed by atoms with Crippen molar-refractivity contribution in [3.05, 3.63) is 76.7 Å². The molecule has 0 saturated carbocycles. The molecule has 0 radical (unpaired) electrons. The van der Waals surface area contributed by atoms with E-state index in [4.69, 9.17) is 24.3 Å². The number of carbonyl (C=O) groups excluding carboxylic acids is 1. The van der Waals surface area contributed by atoms with E-state index in [1.807, 2.05) is 18.2 Å². The number of hydrogen-bond donors (Lipinski definition) is 0. The van der Waals surface area contributed by atoms with Gasteiger partial charge in [-0.3, -0.25) is 9.58 Å². The molecule has 2 aromatic heterocycles. The fourth-order valence-electron chi connectivity index (χ4n) is 6.63. The first-order chi connectivity index (χ1) is 20.7. The molecule has 9 heteroatoms. The number of likely N-dealkylation sites (tertiary alicyclic amines) is 1. The van der Waals surface area contributed by atoms with Crippen molar-refractivity contribution >= 4 is 17.0 Å². The standard InChI is InChI=1S/C33H39N5O4/c1-40-33(39)24-11-12-28-30(19-24)37(20-26-15-18-41-26)31(34-28)21-36-16-13-25(14-17-36)38-29-10-6-5-9-27(29)32(35-38)42-22-23-7-3-2-4-8-23/h2-4,7-8,11-12,19,25-26H,5-6,9-10,13-18,20-22H2,1H3/t26-/m0/s1. The Balaban J connectivity index is 1.06. The molecule has 1 atom stereocenters. The summed E-state index contributed by atoms with van der Waals surface area (Å²) in [5, 5.41) is 5.07. The van der Waals surface area contributed by atoms with Gasteiger partial charge in [0.05, 0.1) is 48.9 Å². The van der Waals surface area contributed by atoms with Crippen LogP contribution in [0.4, 0.5) is 0 Å². The summed E-state index contributed by atoms with van der Waals surface area (Å²) in [5.74, 6) is 1.52. The van der Waals surface area contributed by atoms with Crippen molar-refractivity contribution in [3.63, 3.8) is 0 Å². The second-order valence-electron chi connectivity index (χ2n) is 11.8. The average Bonchev–Trinajstić information content (AvgIpc) is 3.55. The van der Waals surface area contributed by atoms with E-state index < -0.39 is 0 Å². The van der Waals surface area contributed by atoms with Crippen molar-refractivity contribution in [2.75, 3.05) is 26.8 Å². The smallest absolute Gasteiger partial charge is 0.337 e. The number of methoxy groups -OCH3 is 1. The zero-order valence-electron chi connectivity index (χ0n) is 24.3. The third-order valence-electron chi connectivity index (χ3n) is 9.09. The van der Waals surface area contributed by atoms with Crippen LogP contribution >= 0.6 is 0 Å². The third-order valence-corrected chi connectivity index (χ3v) is 9.09. The number of fused-ring (bicyclic) bond motifs is 2. The molecular weight excluding hydrogens is 530 g/mol. The van der Waals surface area contributed by atoms with Gasteiger partial charge in [-0.05, 0) is 68.7 Å². The molecule has 2 aromatic carbocycles. The quantitative estimate of drug-likeness (QED) is 0.259. The zero-order chi connectivity index (χ0) is 28.5. The van der Waals surface area contributed by atoms with Crippen molar-refractivity contribution < 1.29 is 19.0 Å². The number of benzene rings is 2. The molecule has 2 aliphatic heterocycles. The summed E-state index contributed by atoms with van der Waals surface area (Å²) in [6.45, 7) is 4.84. The first-order valence-corrected chi connectivity index (χ1v) is 15.3. The predicted molar refractivity (Wildman–Crippen MR) is 159 cm³/mol. The number of hydrogen-bond acceptors (Lipinski definition) is 7. The van der Waals surface area contributed by atoms with Crippen LogP contribution in [0.5, 0.6) is 5.88 Å². The topological polar surface area (TPSA) is 83.6 Å². The molecule has 42 heavy (non-hydrogen) atoms. The molecule has 9 nitrogen and oxygen atoms in total. The number of ether oxygens (including phenoxy) is 3. The van der Waals surface area contributed by atoms with Crippen molar-refractivity contribution in [2.45, 2.75) is 76.8 Å². The van der Waals surface area contributed by atoms with Gasteiger partial charge in [0.25, 0.3) is 0 Å². The lowest BCUT2D eigenvalue weighted by molar-refractivity contribution is -0.0592. The Morgan fingerprint density at radius 3 is 2.62 bits per heavy atom. The highest BCUT2D eigenvalue weighted by atomic mass is 16.5. The van der Waals surface area contributed by atoms with Gasteiger partial charge in [0.2, 0.25) is 5.88 Å². The van der Waals surface area contributed by atoms with E-state index in [-0.39, 0.29) is 12.1 Å². The molecule has 7 rings (SSSR count). The van der Waals surface area contributed by atoms with Gasteiger partial charge in [0, 0.05) is 31.0 Å². The molecule has 2 fully saturated rings. The zero-order valence-corrected chi connectivity index (χ0v) is 24.3. The highest BCUT2D eigenvalue weighted by Crippen LogP contribution is 2.35. The Morgan fingerprint density at radius 1 is 1.05 bits per heavy atom. The van der Waals surface area contributed by atoms with Gasteiger partial charge in [-0.1, -0.05) is 30.3 Å². The van der Waals surface area contributed by atoms with E-state index in [0.717, 1.165) is 87.6 Å². The van der Waals surface area contributed by atoms with E-state index >= 15 is 0 Å². The molecule has 0 bridgehead atoms. The minimum Gasteiger partial charge on any atom is -0.472 e. The molecule has 3 aliphatic rings. The average molecular weight is 570 g/mol. The first kappa shape index (κ1) is 27.2. The Hall–Kier alpha value is -3.69. The summed E-state index contributed by atoms with van der Waals surface area (Å²) in [5.41, 5.74) is 6.27. The van der Waals surface area contributed by atoms with Crippen LogP contribution in [-0.4, -0.2) is 63.1 Å². The van der Waals surface area contributed by atoms with Crippen LogP contribution in [-0.2, 0) is 42.0 Å². The molecule has 0 N–H and O–H groups in total. The number of carbonyl (C=O) groups is 1. The number of nitrogens with zero attached hydrogens (tertiary/aromatic N) is 5. The fourth-order valence-corrected chi connectivity index (χ4v) is 6.63. The Labute approximate surface area is 246 Å². The largest absolute Gasteiger partial charge is 0.472 e. The van der Waals surface area contributed by atoms with Crippen molar-refractivity contribution in [3.8, 4) is 5.88 Å². The number of rotatable bonds is 9.